The number of aryl methyl sites for hydroxylation is 2. The first-order valence-electron chi connectivity index (χ1n) is 9.90. The number of hydrogen-bond acceptors (Lipinski definition) is 5. The fourth-order valence-electron chi connectivity index (χ4n) is 3.94. The maximum atomic E-state index is 4.90. The summed E-state index contributed by atoms with van der Waals surface area (Å²) in [5.41, 5.74) is 4.71. The van der Waals surface area contributed by atoms with Gasteiger partial charge in [-0.15, -0.1) is 30.7 Å². The standard InChI is InChI=1S/C23H24N5.Pt/c1-3-18-7-9-22-24-12-14-28(22)17-21-6-2-5-20(26-21)8-10-23-25-11-13-27(23)16-19(4-1)15-18;/h1-6,11-14,24-25H,7-10,16-17H2;/q-3;. The molecular formula is C23H24N5Pt-3. The van der Waals surface area contributed by atoms with E-state index in [-0.39, 0.29) is 21.1 Å². The minimum absolute atomic E-state index is 0. The van der Waals surface area contributed by atoms with Crippen molar-refractivity contribution in [3.63, 3.8) is 0 Å². The Kier molecular flexibility index (Phi) is 6.24. The number of pyridine rings is 1. The van der Waals surface area contributed by atoms with Gasteiger partial charge in [0.1, 0.15) is 0 Å². The molecule has 0 saturated heterocycles. The molecule has 154 valence electrons. The second-order valence-corrected chi connectivity index (χ2v) is 7.39. The van der Waals surface area contributed by atoms with Crippen molar-refractivity contribution in [3.05, 3.63) is 102 Å². The number of rotatable bonds is 0. The summed E-state index contributed by atoms with van der Waals surface area (Å²) in [6.07, 6.45) is 14.5. The number of hydrogen-bond donors (Lipinski definition) is 2. The molecule has 4 heterocycles. The second-order valence-electron chi connectivity index (χ2n) is 7.39. The van der Waals surface area contributed by atoms with Crippen LogP contribution in [0.3, 0.4) is 0 Å². The van der Waals surface area contributed by atoms with Crippen molar-refractivity contribution < 1.29 is 21.1 Å². The van der Waals surface area contributed by atoms with Gasteiger partial charge < -0.3 is 20.4 Å². The zero-order valence-electron chi connectivity index (χ0n) is 16.2. The van der Waals surface area contributed by atoms with Gasteiger partial charge in [-0.3, -0.25) is 4.98 Å². The van der Waals surface area contributed by atoms with E-state index in [1.54, 1.807) is 0 Å². The van der Waals surface area contributed by atoms with E-state index in [9.17, 15) is 0 Å². The van der Waals surface area contributed by atoms with E-state index in [1.165, 1.54) is 23.5 Å². The first-order chi connectivity index (χ1) is 13.8. The number of aromatic nitrogens is 1. The molecule has 0 saturated carbocycles. The average molecular weight is 566 g/mol. The van der Waals surface area contributed by atoms with E-state index in [4.69, 9.17) is 4.98 Å². The summed E-state index contributed by atoms with van der Waals surface area (Å²) >= 11 is 0. The molecule has 0 amide bonds. The first-order valence-corrected chi connectivity index (χ1v) is 9.90. The van der Waals surface area contributed by atoms with Crippen molar-refractivity contribution in [2.24, 2.45) is 0 Å². The van der Waals surface area contributed by atoms with Crippen LogP contribution in [0.25, 0.3) is 0 Å². The van der Waals surface area contributed by atoms with Crippen molar-refractivity contribution in [1.82, 2.24) is 25.4 Å². The predicted molar refractivity (Wildman–Crippen MR) is 108 cm³/mol. The Balaban J connectivity index is 0.00000205. The molecule has 3 aliphatic heterocycles. The van der Waals surface area contributed by atoms with Crippen molar-refractivity contribution in [2.75, 3.05) is 0 Å². The minimum Gasteiger partial charge on any atom is -0.518 e. The van der Waals surface area contributed by atoms with Crippen molar-refractivity contribution in [2.45, 2.75) is 38.8 Å². The van der Waals surface area contributed by atoms with Crippen LogP contribution in [-0.2, 0) is 47.0 Å². The molecule has 5 nitrogen and oxygen atoms in total. The van der Waals surface area contributed by atoms with Gasteiger partial charge in [0, 0.05) is 33.3 Å². The van der Waals surface area contributed by atoms with Gasteiger partial charge in [0.2, 0.25) is 0 Å². The van der Waals surface area contributed by atoms with Gasteiger partial charge >= 0.3 is 0 Å². The molecule has 2 N–H and O–H groups in total. The van der Waals surface area contributed by atoms with Crippen LogP contribution in [0.5, 0.6) is 0 Å². The molecule has 0 fully saturated rings. The van der Waals surface area contributed by atoms with Gasteiger partial charge in [-0.1, -0.05) is 12.5 Å². The Bertz CT molecular complexity index is 823. The van der Waals surface area contributed by atoms with E-state index in [2.05, 4.69) is 75.3 Å². The summed E-state index contributed by atoms with van der Waals surface area (Å²) in [5.74, 6) is 0. The number of fused-ring (bicyclic) bond motifs is 6. The molecule has 5 rings (SSSR count). The maximum Gasteiger partial charge on any atom is 0.0575 e. The van der Waals surface area contributed by atoms with Gasteiger partial charge in [-0.25, -0.2) is 0 Å². The minimum atomic E-state index is 0. The quantitative estimate of drug-likeness (QED) is 0.481. The topological polar surface area (TPSA) is 43.4 Å². The molecule has 0 radical (unpaired) electrons. The van der Waals surface area contributed by atoms with E-state index in [1.807, 2.05) is 12.4 Å². The van der Waals surface area contributed by atoms with Crippen LogP contribution in [0.15, 0.2) is 61.2 Å². The van der Waals surface area contributed by atoms with Crippen LogP contribution in [0.1, 0.15) is 35.4 Å². The van der Waals surface area contributed by atoms with Crippen LogP contribution in [0, 0.1) is 18.4 Å². The Hall–Kier alpha value is -2.26. The Morgan fingerprint density at radius 1 is 0.793 bits per heavy atom. The largest absolute Gasteiger partial charge is 0.518 e. The van der Waals surface area contributed by atoms with Crippen LogP contribution in [0.4, 0.5) is 0 Å². The van der Waals surface area contributed by atoms with E-state index < -0.39 is 0 Å². The number of nitrogens with zero attached hydrogens (tertiary/aromatic N) is 3. The van der Waals surface area contributed by atoms with E-state index in [0.29, 0.717) is 0 Å². The zero-order valence-corrected chi connectivity index (χ0v) is 18.4. The van der Waals surface area contributed by atoms with Gasteiger partial charge in [-0.05, 0) is 49.9 Å². The maximum absolute atomic E-state index is 4.90. The SMILES string of the molecule is [Pt].[c-]1c2cccc1CN1C=CN[C-]1CCc1cccc(n1)CN1C=CN[C-]1CC2. The molecule has 29 heavy (non-hydrogen) atoms. The summed E-state index contributed by atoms with van der Waals surface area (Å²) in [7, 11) is 0. The van der Waals surface area contributed by atoms with E-state index >= 15 is 0 Å². The monoisotopic (exact) mass is 565 g/mol. The predicted octanol–water partition coefficient (Wildman–Crippen LogP) is 3.19. The van der Waals surface area contributed by atoms with Crippen molar-refractivity contribution in [1.29, 1.82) is 0 Å². The Labute approximate surface area is 187 Å². The van der Waals surface area contributed by atoms with Gasteiger partial charge in [-0.2, -0.15) is 29.8 Å². The molecule has 0 atom stereocenters. The van der Waals surface area contributed by atoms with Crippen LogP contribution in [0.2, 0.25) is 0 Å². The molecule has 2 aromatic rings. The Morgan fingerprint density at radius 3 is 2.28 bits per heavy atom. The normalized spacial score (nSPS) is 19.2. The zero-order chi connectivity index (χ0) is 18.8. The summed E-state index contributed by atoms with van der Waals surface area (Å²) in [4.78, 5) is 9.44. The Morgan fingerprint density at radius 2 is 1.45 bits per heavy atom. The van der Waals surface area contributed by atoms with Gasteiger partial charge in [0.25, 0.3) is 0 Å². The van der Waals surface area contributed by atoms with Crippen LogP contribution >= 0.6 is 0 Å². The third kappa shape index (κ3) is 4.67. The average Bonchev–Trinajstić information content (AvgIpc) is 3.34. The summed E-state index contributed by atoms with van der Waals surface area (Å²) in [6.45, 7) is 1.63. The van der Waals surface area contributed by atoms with Crippen LogP contribution in [-0.4, -0.2) is 14.8 Å². The second kappa shape index (κ2) is 9.04. The summed E-state index contributed by atoms with van der Waals surface area (Å²) < 4.78 is 0. The fourth-order valence-corrected chi connectivity index (χ4v) is 3.94. The molecule has 1 aromatic carbocycles. The van der Waals surface area contributed by atoms with Gasteiger partial charge in [0.05, 0.1) is 5.69 Å². The van der Waals surface area contributed by atoms with Crippen molar-refractivity contribution >= 4 is 0 Å². The number of benzene rings is 1. The first kappa shape index (κ1) is 20.0. The molecule has 0 aliphatic carbocycles. The third-order valence-electron chi connectivity index (χ3n) is 5.40. The fraction of sp³-hybridized carbons (Fsp3) is 0.261. The summed E-state index contributed by atoms with van der Waals surface area (Å²) in [6, 6.07) is 16.5. The molecule has 0 unspecified atom stereocenters. The van der Waals surface area contributed by atoms with Crippen LogP contribution < -0.4 is 10.6 Å². The molecule has 1 aromatic heterocycles. The molecule has 3 aliphatic rings. The third-order valence-corrected chi connectivity index (χ3v) is 5.40. The van der Waals surface area contributed by atoms with Crippen molar-refractivity contribution in [3.8, 4) is 0 Å². The smallest absolute Gasteiger partial charge is 0.0575 e. The molecule has 6 heteroatoms. The summed E-state index contributed by atoms with van der Waals surface area (Å²) in [5, 5.41) is 6.80. The molecule has 0 spiro atoms. The van der Waals surface area contributed by atoms with E-state index in [0.717, 1.165) is 50.2 Å². The molecule has 4 bridgehead atoms. The molecular weight excluding hydrogens is 541 g/mol. The number of nitrogens with one attached hydrogen (secondary N) is 2. The van der Waals surface area contributed by atoms with Gasteiger partial charge in [0.15, 0.2) is 0 Å².